The molecule has 0 saturated carbocycles. The van der Waals surface area contributed by atoms with Crippen LogP contribution in [0.4, 0.5) is 0 Å². The highest BCUT2D eigenvalue weighted by atomic mass is 33.1. The Morgan fingerprint density at radius 1 is 0.844 bits per heavy atom. The van der Waals surface area contributed by atoms with Crippen molar-refractivity contribution in [3.05, 3.63) is 120 Å². The lowest BCUT2D eigenvalue weighted by molar-refractivity contribution is -0.243. The maximum atomic E-state index is 13.0. The first-order valence-corrected chi connectivity index (χ1v) is 18.5. The molecule has 0 spiro atoms. The van der Waals surface area contributed by atoms with Gasteiger partial charge < -0.3 is 23.7 Å². The number of benzene rings is 3. The Bertz CT molecular complexity index is 1400. The van der Waals surface area contributed by atoms with Crippen LogP contribution in [0.2, 0.25) is 0 Å². The van der Waals surface area contributed by atoms with E-state index in [9.17, 15) is 8.42 Å². The molecule has 1 aliphatic rings. The summed E-state index contributed by atoms with van der Waals surface area (Å²) in [4.78, 5) is 0. The van der Waals surface area contributed by atoms with Crippen molar-refractivity contribution in [2.75, 3.05) is 20.0 Å². The maximum Gasteiger partial charge on any atom is 0.199 e. The molecule has 3 aromatic carbocycles. The van der Waals surface area contributed by atoms with Crippen LogP contribution in [-0.2, 0) is 52.4 Å². The zero-order valence-electron chi connectivity index (χ0n) is 26.6. The lowest BCUT2D eigenvalue weighted by Gasteiger charge is -2.52. The Labute approximate surface area is 272 Å². The van der Waals surface area contributed by atoms with Gasteiger partial charge in [0.05, 0.1) is 43.9 Å². The van der Waals surface area contributed by atoms with Crippen LogP contribution in [0.1, 0.15) is 37.0 Å². The molecule has 3 aromatic rings. The minimum atomic E-state index is -3.53. The van der Waals surface area contributed by atoms with Crippen molar-refractivity contribution in [1.29, 1.82) is 0 Å². The third-order valence-electron chi connectivity index (χ3n) is 8.11. The molecule has 244 valence electrons. The van der Waals surface area contributed by atoms with E-state index in [0.29, 0.717) is 19.6 Å². The summed E-state index contributed by atoms with van der Waals surface area (Å²) in [7, 11) is -1.000. The van der Waals surface area contributed by atoms with Crippen molar-refractivity contribution < 1.29 is 32.1 Å². The Morgan fingerprint density at radius 3 is 1.80 bits per heavy atom. The van der Waals surface area contributed by atoms with Crippen molar-refractivity contribution in [2.45, 2.75) is 75.9 Å². The summed E-state index contributed by atoms with van der Waals surface area (Å²) in [5.74, 6) is 0. The van der Waals surface area contributed by atoms with Crippen molar-refractivity contribution in [3.63, 3.8) is 0 Å². The van der Waals surface area contributed by atoms with Crippen LogP contribution in [0.5, 0.6) is 0 Å². The highest BCUT2D eigenvalue weighted by molar-refractivity contribution is 8.72. The summed E-state index contributed by atoms with van der Waals surface area (Å²) in [5.41, 5.74) is 2.37. The topological polar surface area (TPSA) is 80.3 Å². The Hall–Kier alpha value is -2.50. The van der Waals surface area contributed by atoms with E-state index in [1.165, 1.54) is 6.26 Å². The molecule has 1 aliphatic heterocycles. The van der Waals surface area contributed by atoms with Crippen molar-refractivity contribution >= 4 is 19.7 Å². The predicted octanol–water partition coefficient (Wildman–Crippen LogP) is 6.82. The van der Waals surface area contributed by atoms with E-state index in [-0.39, 0.29) is 19.3 Å². The number of rotatable bonds is 17. The molecule has 4 rings (SSSR count). The highest BCUT2D eigenvalue weighted by Gasteiger charge is 2.55. The molecule has 0 amide bonds. The number of ether oxygens (including phenoxy) is 5. The van der Waals surface area contributed by atoms with Crippen LogP contribution in [0.15, 0.2) is 104 Å². The number of hydrogen-bond acceptors (Lipinski definition) is 8. The molecule has 1 unspecified atom stereocenters. The lowest BCUT2D eigenvalue weighted by Crippen LogP contribution is -2.64. The van der Waals surface area contributed by atoms with E-state index in [4.69, 9.17) is 23.7 Å². The van der Waals surface area contributed by atoms with Gasteiger partial charge in [0, 0.05) is 18.8 Å². The summed E-state index contributed by atoms with van der Waals surface area (Å²) in [5, 5.41) is -0.632. The van der Waals surface area contributed by atoms with Gasteiger partial charge in [-0.15, -0.1) is 6.58 Å². The SMILES string of the molecule is C=CCC(OC)C(C)(C)[C@@H]1O[C@H](COCc2ccccc2)[C@@H](OCc2ccccc2)[C@H](OCc2ccccc2)[C@H]1SS(C)(=O)=O. The molecule has 0 radical (unpaired) electrons. The smallest absolute Gasteiger partial charge is 0.199 e. The van der Waals surface area contributed by atoms with Crippen LogP contribution in [-0.4, -0.2) is 64.2 Å². The van der Waals surface area contributed by atoms with E-state index < -0.39 is 44.0 Å². The third-order valence-corrected chi connectivity index (χ3v) is 10.9. The van der Waals surface area contributed by atoms with Gasteiger partial charge in [0.2, 0.25) is 0 Å². The monoisotopic (exact) mass is 654 g/mol. The molecule has 1 fully saturated rings. The van der Waals surface area contributed by atoms with Gasteiger partial charge in [-0.1, -0.05) is 111 Å². The van der Waals surface area contributed by atoms with Crippen molar-refractivity contribution in [1.82, 2.24) is 0 Å². The zero-order chi connectivity index (χ0) is 32.3. The predicted molar refractivity (Wildman–Crippen MR) is 180 cm³/mol. The quantitative estimate of drug-likeness (QED) is 0.116. The van der Waals surface area contributed by atoms with Crippen LogP contribution in [0, 0.1) is 5.41 Å². The van der Waals surface area contributed by atoms with E-state index >= 15 is 0 Å². The molecule has 1 heterocycles. The first kappa shape index (κ1) is 35.4. The van der Waals surface area contributed by atoms with E-state index in [1.807, 2.05) is 111 Å². The van der Waals surface area contributed by atoms with Crippen LogP contribution < -0.4 is 0 Å². The van der Waals surface area contributed by atoms with Gasteiger partial charge in [-0.3, -0.25) is 0 Å². The minimum absolute atomic E-state index is 0.224. The van der Waals surface area contributed by atoms with Gasteiger partial charge in [-0.25, -0.2) is 8.42 Å². The molecule has 1 saturated heterocycles. The highest BCUT2D eigenvalue weighted by Crippen LogP contribution is 2.45. The first-order chi connectivity index (χ1) is 21.6. The molecule has 0 aromatic heterocycles. The molecule has 45 heavy (non-hydrogen) atoms. The summed E-state index contributed by atoms with van der Waals surface area (Å²) < 4.78 is 58.5. The second-order valence-electron chi connectivity index (χ2n) is 12.0. The third kappa shape index (κ3) is 10.2. The van der Waals surface area contributed by atoms with Gasteiger partial charge >= 0.3 is 0 Å². The van der Waals surface area contributed by atoms with Crippen molar-refractivity contribution in [3.8, 4) is 0 Å². The molecule has 7 nitrogen and oxygen atoms in total. The number of hydrogen-bond donors (Lipinski definition) is 0. The standard InChI is InChI=1S/C36H46O7S2/c1-6-16-31(39-4)36(2,3)35-34(44-45(5,37)38)33(42-25-29-21-14-9-15-22-29)32(41-24-28-19-12-8-13-20-28)30(43-35)26-40-23-27-17-10-7-11-18-27/h6-15,17-22,30-35H,1,16,23-26H2,2-5H3/t30-,31?,32-,33+,34-,35-/m1/s1. The fraction of sp³-hybridized carbons (Fsp3) is 0.444. The molecule has 0 N–H and O–H groups in total. The fourth-order valence-electron chi connectivity index (χ4n) is 5.78. The van der Waals surface area contributed by atoms with Crippen LogP contribution in [0.3, 0.4) is 0 Å². The van der Waals surface area contributed by atoms with Gasteiger partial charge in [-0.2, -0.15) is 0 Å². The summed E-state index contributed by atoms with van der Waals surface area (Å²) in [6, 6.07) is 29.7. The Kier molecular flexibility index (Phi) is 13.3. The van der Waals surface area contributed by atoms with Gasteiger partial charge in [0.25, 0.3) is 0 Å². The van der Waals surface area contributed by atoms with Gasteiger partial charge in [-0.05, 0) is 33.9 Å². The lowest BCUT2D eigenvalue weighted by atomic mass is 9.74. The minimum Gasteiger partial charge on any atom is -0.380 e. The van der Waals surface area contributed by atoms with Gasteiger partial charge in [0.1, 0.15) is 18.3 Å². The largest absolute Gasteiger partial charge is 0.380 e. The normalized spacial score (nSPS) is 23.0. The fourth-order valence-corrected chi connectivity index (χ4v) is 8.89. The summed E-state index contributed by atoms with van der Waals surface area (Å²) in [6.07, 6.45) is 0.887. The first-order valence-electron chi connectivity index (χ1n) is 15.2. The maximum absolute atomic E-state index is 13.0. The van der Waals surface area contributed by atoms with Crippen molar-refractivity contribution in [2.24, 2.45) is 5.41 Å². The second kappa shape index (κ2) is 16.9. The molecular weight excluding hydrogens is 609 g/mol. The molecule has 6 atom stereocenters. The summed E-state index contributed by atoms with van der Waals surface area (Å²) >= 11 is 0. The Morgan fingerprint density at radius 2 is 1.33 bits per heavy atom. The van der Waals surface area contributed by atoms with Crippen LogP contribution >= 0.6 is 10.8 Å². The van der Waals surface area contributed by atoms with E-state index in [1.54, 1.807) is 7.11 Å². The van der Waals surface area contributed by atoms with Gasteiger partial charge in [0.15, 0.2) is 8.87 Å². The molecular formula is C36H46O7S2. The zero-order valence-corrected chi connectivity index (χ0v) is 28.3. The molecule has 0 bridgehead atoms. The average Bonchev–Trinajstić information content (AvgIpc) is 3.03. The molecule has 9 heteroatoms. The molecule has 0 aliphatic carbocycles. The van der Waals surface area contributed by atoms with E-state index in [0.717, 1.165) is 27.5 Å². The van der Waals surface area contributed by atoms with Crippen LogP contribution in [0.25, 0.3) is 0 Å². The Balaban J connectivity index is 1.74. The average molecular weight is 655 g/mol. The summed E-state index contributed by atoms with van der Waals surface area (Å²) in [6.45, 7) is 9.23. The number of methoxy groups -OCH3 is 1. The second-order valence-corrected chi connectivity index (χ2v) is 16.5. The van der Waals surface area contributed by atoms with E-state index in [2.05, 4.69) is 6.58 Å².